The molecule has 1 aliphatic carbocycles. The van der Waals surface area contributed by atoms with E-state index in [0.717, 1.165) is 37.1 Å². The molecule has 21 heavy (non-hydrogen) atoms. The minimum atomic E-state index is 0.344. The molecule has 0 radical (unpaired) electrons. The Labute approximate surface area is 134 Å². The highest BCUT2D eigenvalue weighted by Gasteiger charge is 2.09. The standard InChI is InChI=1S/C15H17Cl.C4H10O/c1-11-3-6-13(7-4-11)10-14-9-12(2)5-8-15(14)16;1-2-3-4-5/h3-4,6-7,9H,5,8,10H2,1-2H3;5H,2-4H2,1H3. The molecule has 0 bridgehead atoms. The summed E-state index contributed by atoms with van der Waals surface area (Å²) in [5.74, 6) is 0. The summed E-state index contributed by atoms with van der Waals surface area (Å²) in [6, 6.07) is 8.68. The third-order valence-corrected chi connectivity index (χ3v) is 3.97. The topological polar surface area (TPSA) is 20.2 Å². The average molecular weight is 307 g/mol. The van der Waals surface area contributed by atoms with Gasteiger partial charge in [-0.15, -0.1) is 0 Å². The Balaban J connectivity index is 0.000000383. The van der Waals surface area contributed by atoms with Gasteiger partial charge in [0.2, 0.25) is 0 Å². The van der Waals surface area contributed by atoms with E-state index in [2.05, 4.69) is 51.1 Å². The molecule has 0 aliphatic heterocycles. The average Bonchev–Trinajstić information content (AvgIpc) is 2.47. The molecule has 0 heterocycles. The number of hydrogen-bond donors (Lipinski definition) is 1. The van der Waals surface area contributed by atoms with Crippen molar-refractivity contribution < 1.29 is 5.11 Å². The summed E-state index contributed by atoms with van der Waals surface area (Å²) >= 11 is 6.26. The molecule has 0 unspecified atom stereocenters. The van der Waals surface area contributed by atoms with Crippen molar-refractivity contribution in [2.45, 2.75) is 52.9 Å². The SMILES string of the molecule is CC1=CC(Cc2ccc(C)cc2)=C(Cl)CC1.CCCCO. The van der Waals surface area contributed by atoms with E-state index in [9.17, 15) is 0 Å². The van der Waals surface area contributed by atoms with Crippen molar-refractivity contribution in [2.24, 2.45) is 0 Å². The highest BCUT2D eigenvalue weighted by molar-refractivity contribution is 6.30. The number of rotatable bonds is 4. The van der Waals surface area contributed by atoms with E-state index in [1.165, 1.54) is 22.3 Å². The summed E-state index contributed by atoms with van der Waals surface area (Å²) in [5.41, 5.74) is 5.37. The van der Waals surface area contributed by atoms with Crippen LogP contribution in [0.2, 0.25) is 0 Å². The molecule has 0 saturated heterocycles. The largest absolute Gasteiger partial charge is 0.396 e. The van der Waals surface area contributed by atoms with Crippen molar-refractivity contribution in [2.75, 3.05) is 6.61 Å². The molecule has 0 saturated carbocycles. The van der Waals surface area contributed by atoms with Crippen LogP contribution >= 0.6 is 11.6 Å². The van der Waals surface area contributed by atoms with Gasteiger partial charge < -0.3 is 5.11 Å². The minimum Gasteiger partial charge on any atom is -0.396 e. The van der Waals surface area contributed by atoms with E-state index in [1.54, 1.807) is 0 Å². The maximum absolute atomic E-state index is 8.07. The van der Waals surface area contributed by atoms with Crippen LogP contribution in [0.4, 0.5) is 0 Å². The Bertz CT molecular complexity index is 481. The Morgan fingerprint density at radius 2 is 1.76 bits per heavy atom. The van der Waals surface area contributed by atoms with Crippen LogP contribution in [0.15, 0.2) is 46.5 Å². The first-order valence-electron chi connectivity index (χ1n) is 7.78. The van der Waals surface area contributed by atoms with Gasteiger partial charge in [0, 0.05) is 11.6 Å². The summed E-state index contributed by atoms with van der Waals surface area (Å²) in [6.07, 6.45) is 7.35. The molecule has 1 N–H and O–H groups in total. The van der Waals surface area contributed by atoms with Gasteiger partial charge >= 0.3 is 0 Å². The lowest BCUT2D eigenvalue weighted by atomic mass is 9.95. The van der Waals surface area contributed by atoms with Crippen LogP contribution in [0.1, 0.15) is 50.7 Å². The molecule has 0 atom stereocenters. The summed E-state index contributed by atoms with van der Waals surface area (Å²) in [6.45, 7) is 6.69. The number of aliphatic hydroxyl groups excluding tert-OH is 1. The van der Waals surface area contributed by atoms with Gasteiger partial charge in [0.05, 0.1) is 0 Å². The third kappa shape index (κ3) is 6.97. The third-order valence-electron chi connectivity index (χ3n) is 3.53. The van der Waals surface area contributed by atoms with Gasteiger partial charge in [0.15, 0.2) is 0 Å². The van der Waals surface area contributed by atoms with E-state index >= 15 is 0 Å². The normalized spacial score (nSPS) is 14.4. The molecule has 1 aliphatic rings. The maximum Gasteiger partial charge on any atom is 0.0430 e. The Kier molecular flexibility index (Phi) is 8.41. The second-order valence-corrected chi connectivity index (χ2v) is 6.12. The number of allylic oxidation sites excluding steroid dienone is 4. The molecular weight excluding hydrogens is 280 g/mol. The number of unbranched alkanes of at least 4 members (excludes halogenated alkanes) is 1. The van der Waals surface area contributed by atoms with Crippen LogP contribution in [0.5, 0.6) is 0 Å². The highest BCUT2D eigenvalue weighted by Crippen LogP contribution is 2.28. The zero-order chi connectivity index (χ0) is 15.7. The monoisotopic (exact) mass is 306 g/mol. The van der Waals surface area contributed by atoms with E-state index in [4.69, 9.17) is 16.7 Å². The lowest BCUT2D eigenvalue weighted by molar-refractivity contribution is 0.287. The van der Waals surface area contributed by atoms with Gasteiger partial charge in [0.25, 0.3) is 0 Å². The quantitative estimate of drug-likeness (QED) is 0.773. The number of benzene rings is 1. The number of aryl methyl sites for hydroxylation is 1. The molecule has 1 aromatic rings. The van der Waals surface area contributed by atoms with Crippen molar-refractivity contribution in [3.63, 3.8) is 0 Å². The van der Waals surface area contributed by atoms with Crippen LogP contribution in [-0.4, -0.2) is 11.7 Å². The van der Waals surface area contributed by atoms with Crippen LogP contribution in [0, 0.1) is 6.92 Å². The van der Waals surface area contributed by atoms with Crippen molar-refractivity contribution in [3.8, 4) is 0 Å². The Morgan fingerprint density at radius 1 is 1.10 bits per heavy atom. The highest BCUT2D eigenvalue weighted by atomic mass is 35.5. The predicted octanol–water partition coefficient (Wildman–Crippen LogP) is 5.55. The lowest BCUT2D eigenvalue weighted by Gasteiger charge is -2.14. The Morgan fingerprint density at radius 3 is 2.29 bits per heavy atom. The molecule has 2 heteroatoms. The molecule has 0 fully saturated rings. The van der Waals surface area contributed by atoms with Gasteiger partial charge in [-0.1, -0.05) is 66.4 Å². The number of hydrogen-bond acceptors (Lipinski definition) is 1. The second-order valence-electron chi connectivity index (χ2n) is 5.66. The zero-order valence-electron chi connectivity index (χ0n) is 13.5. The van der Waals surface area contributed by atoms with Crippen LogP contribution in [-0.2, 0) is 6.42 Å². The molecule has 0 amide bonds. The minimum absolute atomic E-state index is 0.344. The molecule has 0 aromatic heterocycles. The fourth-order valence-corrected chi connectivity index (χ4v) is 2.36. The summed E-state index contributed by atoms with van der Waals surface area (Å²) in [4.78, 5) is 0. The van der Waals surface area contributed by atoms with Gasteiger partial charge in [-0.2, -0.15) is 0 Å². The first-order valence-corrected chi connectivity index (χ1v) is 8.15. The zero-order valence-corrected chi connectivity index (χ0v) is 14.2. The van der Waals surface area contributed by atoms with E-state index in [-0.39, 0.29) is 0 Å². The molecule has 2 rings (SSSR count). The van der Waals surface area contributed by atoms with E-state index < -0.39 is 0 Å². The fraction of sp³-hybridized carbons (Fsp3) is 0.474. The van der Waals surface area contributed by atoms with Gasteiger partial charge in [0.1, 0.15) is 0 Å². The van der Waals surface area contributed by atoms with Crippen LogP contribution < -0.4 is 0 Å². The number of halogens is 1. The van der Waals surface area contributed by atoms with Crippen molar-refractivity contribution in [3.05, 3.63) is 57.6 Å². The molecule has 116 valence electrons. The molecule has 1 nitrogen and oxygen atoms in total. The van der Waals surface area contributed by atoms with Gasteiger partial charge in [-0.25, -0.2) is 0 Å². The number of aliphatic hydroxyl groups is 1. The first-order chi connectivity index (χ1) is 10.1. The molecular formula is C19H27ClO. The predicted molar refractivity (Wildman–Crippen MR) is 92.7 cm³/mol. The smallest absolute Gasteiger partial charge is 0.0430 e. The first kappa shape index (κ1) is 18.0. The maximum atomic E-state index is 8.07. The molecule has 0 spiro atoms. The summed E-state index contributed by atoms with van der Waals surface area (Å²) in [7, 11) is 0. The van der Waals surface area contributed by atoms with Gasteiger partial charge in [-0.3, -0.25) is 0 Å². The van der Waals surface area contributed by atoms with Crippen molar-refractivity contribution in [1.29, 1.82) is 0 Å². The molecule has 1 aromatic carbocycles. The Hall–Kier alpha value is -1.05. The second kappa shape index (κ2) is 9.81. The van der Waals surface area contributed by atoms with E-state index in [0.29, 0.717) is 6.61 Å². The van der Waals surface area contributed by atoms with E-state index in [1.807, 2.05) is 0 Å². The summed E-state index contributed by atoms with van der Waals surface area (Å²) in [5, 5.41) is 9.10. The van der Waals surface area contributed by atoms with Gasteiger partial charge in [-0.05, 0) is 50.7 Å². The van der Waals surface area contributed by atoms with Crippen LogP contribution in [0.3, 0.4) is 0 Å². The fourth-order valence-electron chi connectivity index (χ4n) is 2.15. The van der Waals surface area contributed by atoms with Crippen LogP contribution in [0.25, 0.3) is 0 Å². The lowest BCUT2D eigenvalue weighted by Crippen LogP contribution is -1.97. The summed E-state index contributed by atoms with van der Waals surface area (Å²) < 4.78 is 0. The van der Waals surface area contributed by atoms with Crippen molar-refractivity contribution >= 4 is 11.6 Å². The van der Waals surface area contributed by atoms with Crippen molar-refractivity contribution in [1.82, 2.24) is 0 Å².